The number of amides is 3. The Hall–Kier alpha value is -3.86. The molecule has 0 spiro atoms. The van der Waals surface area contributed by atoms with Gasteiger partial charge in [0, 0.05) is 5.69 Å². The van der Waals surface area contributed by atoms with Gasteiger partial charge in [-0.05, 0) is 57.4 Å². The average molecular weight is 451 g/mol. The van der Waals surface area contributed by atoms with E-state index in [2.05, 4.69) is 10.6 Å². The number of alkyl carbamates (subject to hydrolysis) is 1. The molecule has 0 heterocycles. The minimum atomic E-state index is -1.07. The van der Waals surface area contributed by atoms with Gasteiger partial charge in [-0.2, -0.15) is 5.26 Å². The summed E-state index contributed by atoms with van der Waals surface area (Å²) in [5, 5.41) is 14.7. The van der Waals surface area contributed by atoms with E-state index in [4.69, 9.17) is 4.74 Å². The smallest absolute Gasteiger partial charge is 0.408 e. The fraction of sp³-hybridized carbons (Fsp3) is 0.360. The van der Waals surface area contributed by atoms with Crippen LogP contribution in [0.2, 0.25) is 0 Å². The lowest BCUT2D eigenvalue weighted by Crippen LogP contribution is -2.46. The molecule has 0 radical (unpaired) electrons. The van der Waals surface area contributed by atoms with E-state index in [-0.39, 0.29) is 6.54 Å². The first-order valence-corrected chi connectivity index (χ1v) is 10.6. The first kappa shape index (κ1) is 25.4. The van der Waals surface area contributed by atoms with Crippen LogP contribution in [0, 0.1) is 25.2 Å². The van der Waals surface area contributed by atoms with Crippen molar-refractivity contribution < 1.29 is 19.1 Å². The van der Waals surface area contributed by atoms with Crippen molar-refractivity contribution in [3.8, 4) is 6.07 Å². The molecular formula is C25H30N4O4. The first-order chi connectivity index (χ1) is 15.5. The minimum Gasteiger partial charge on any atom is -0.444 e. The van der Waals surface area contributed by atoms with Crippen molar-refractivity contribution in [3.63, 3.8) is 0 Å². The van der Waals surface area contributed by atoms with E-state index in [1.54, 1.807) is 45.0 Å². The molecule has 2 aromatic rings. The second kappa shape index (κ2) is 11.1. The Labute approximate surface area is 194 Å². The van der Waals surface area contributed by atoms with Crippen LogP contribution in [0.15, 0.2) is 48.5 Å². The first-order valence-electron chi connectivity index (χ1n) is 10.6. The van der Waals surface area contributed by atoms with Crippen LogP contribution in [0.3, 0.4) is 0 Å². The topological polar surface area (TPSA) is 112 Å². The highest BCUT2D eigenvalue weighted by atomic mass is 16.6. The number of hydrogen-bond donors (Lipinski definition) is 2. The summed E-state index contributed by atoms with van der Waals surface area (Å²) in [6, 6.07) is 15.3. The number of benzene rings is 2. The second-order valence-corrected chi connectivity index (χ2v) is 8.60. The van der Waals surface area contributed by atoms with Gasteiger partial charge in [0.05, 0.1) is 6.07 Å². The van der Waals surface area contributed by atoms with Gasteiger partial charge in [0.1, 0.15) is 24.7 Å². The molecule has 1 unspecified atom stereocenters. The molecule has 33 heavy (non-hydrogen) atoms. The predicted octanol–water partition coefficient (Wildman–Crippen LogP) is 3.86. The van der Waals surface area contributed by atoms with Crippen molar-refractivity contribution in [3.05, 3.63) is 65.2 Å². The zero-order valence-corrected chi connectivity index (χ0v) is 19.6. The van der Waals surface area contributed by atoms with E-state index in [1.807, 2.05) is 44.2 Å². The number of nitriles is 1. The monoisotopic (exact) mass is 450 g/mol. The fourth-order valence-corrected chi connectivity index (χ4v) is 3.22. The van der Waals surface area contributed by atoms with Crippen LogP contribution < -0.4 is 10.6 Å². The van der Waals surface area contributed by atoms with Gasteiger partial charge in [-0.1, -0.05) is 42.5 Å². The number of aryl methyl sites for hydroxylation is 2. The summed E-state index contributed by atoms with van der Waals surface area (Å²) >= 11 is 0. The van der Waals surface area contributed by atoms with Gasteiger partial charge in [-0.15, -0.1) is 0 Å². The summed E-state index contributed by atoms with van der Waals surface area (Å²) in [5.74, 6) is -1.05. The predicted molar refractivity (Wildman–Crippen MR) is 125 cm³/mol. The van der Waals surface area contributed by atoms with E-state index in [9.17, 15) is 19.6 Å². The third kappa shape index (κ3) is 7.35. The maximum Gasteiger partial charge on any atom is 0.408 e. The largest absolute Gasteiger partial charge is 0.444 e. The van der Waals surface area contributed by atoms with Gasteiger partial charge in [-0.3, -0.25) is 9.59 Å². The molecule has 0 saturated heterocycles. The standard InChI is InChI=1S/C25H30N4O4/c1-17-10-6-8-12-19(17)22(23(31)28-20-13-9-7-11-18(20)2)29(15-14-26)21(30)16-27-24(32)33-25(3,4)5/h6-13,22H,15-16H2,1-5H3,(H,27,32)(H,28,31). The molecule has 0 bridgehead atoms. The van der Waals surface area contributed by atoms with Crippen molar-refractivity contribution in [1.29, 1.82) is 5.26 Å². The van der Waals surface area contributed by atoms with E-state index < -0.39 is 36.1 Å². The van der Waals surface area contributed by atoms with E-state index in [0.29, 0.717) is 11.3 Å². The third-order valence-electron chi connectivity index (χ3n) is 4.79. The Morgan fingerprint density at radius 1 is 1.03 bits per heavy atom. The van der Waals surface area contributed by atoms with Gasteiger partial charge < -0.3 is 20.3 Å². The number of rotatable bonds is 7. The van der Waals surface area contributed by atoms with Gasteiger partial charge in [0.15, 0.2) is 0 Å². The molecular weight excluding hydrogens is 420 g/mol. The molecule has 8 heteroatoms. The number of para-hydroxylation sites is 1. The number of carbonyl (C=O) groups excluding carboxylic acids is 3. The molecule has 174 valence electrons. The van der Waals surface area contributed by atoms with Gasteiger partial charge in [-0.25, -0.2) is 4.79 Å². The lowest BCUT2D eigenvalue weighted by Gasteiger charge is -2.30. The van der Waals surface area contributed by atoms with Crippen LogP contribution in [0.25, 0.3) is 0 Å². The fourth-order valence-electron chi connectivity index (χ4n) is 3.22. The number of ether oxygens (including phenoxy) is 1. The highest BCUT2D eigenvalue weighted by Gasteiger charge is 2.33. The minimum absolute atomic E-state index is 0.338. The van der Waals surface area contributed by atoms with Gasteiger partial charge >= 0.3 is 6.09 Å². The lowest BCUT2D eigenvalue weighted by molar-refractivity contribution is -0.137. The Morgan fingerprint density at radius 3 is 2.21 bits per heavy atom. The van der Waals surface area contributed by atoms with E-state index in [0.717, 1.165) is 16.0 Å². The van der Waals surface area contributed by atoms with Crippen LogP contribution in [0.5, 0.6) is 0 Å². The normalized spacial score (nSPS) is 11.6. The Kier molecular flexibility index (Phi) is 8.57. The summed E-state index contributed by atoms with van der Waals surface area (Å²) < 4.78 is 5.17. The highest BCUT2D eigenvalue weighted by Crippen LogP contribution is 2.26. The van der Waals surface area contributed by atoms with Crippen LogP contribution >= 0.6 is 0 Å². The summed E-state index contributed by atoms with van der Waals surface area (Å²) in [4.78, 5) is 39.7. The molecule has 2 aromatic carbocycles. The van der Waals surface area contributed by atoms with Crippen LogP contribution in [-0.2, 0) is 14.3 Å². The van der Waals surface area contributed by atoms with Crippen molar-refractivity contribution in [2.75, 3.05) is 18.4 Å². The van der Waals surface area contributed by atoms with Crippen molar-refractivity contribution >= 4 is 23.6 Å². The van der Waals surface area contributed by atoms with E-state index >= 15 is 0 Å². The summed E-state index contributed by atoms with van der Waals surface area (Å²) in [6.45, 7) is 8.06. The summed E-state index contributed by atoms with van der Waals surface area (Å²) in [5.41, 5.74) is 2.12. The number of nitrogens with zero attached hydrogens (tertiary/aromatic N) is 2. The second-order valence-electron chi connectivity index (χ2n) is 8.60. The molecule has 0 aliphatic rings. The van der Waals surface area contributed by atoms with Crippen molar-refractivity contribution in [2.45, 2.75) is 46.3 Å². The van der Waals surface area contributed by atoms with Gasteiger partial charge in [0.2, 0.25) is 5.91 Å². The molecule has 2 N–H and O–H groups in total. The molecule has 0 saturated carbocycles. The summed E-state index contributed by atoms with van der Waals surface area (Å²) in [6.07, 6.45) is -0.760. The average Bonchev–Trinajstić information content (AvgIpc) is 2.73. The zero-order chi connectivity index (χ0) is 24.6. The molecule has 0 aromatic heterocycles. The van der Waals surface area contributed by atoms with Crippen molar-refractivity contribution in [1.82, 2.24) is 10.2 Å². The molecule has 1 atom stereocenters. The molecule has 0 aliphatic carbocycles. The Bertz CT molecular complexity index is 1050. The maximum atomic E-state index is 13.4. The van der Waals surface area contributed by atoms with Crippen LogP contribution in [0.4, 0.5) is 10.5 Å². The third-order valence-corrected chi connectivity index (χ3v) is 4.79. The number of nitrogens with one attached hydrogen (secondary N) is 2. The Balaban J connectivity index is 2.35. The van der Waals surface area contributed by atoms with Crippen molar-refractivity contribution in [2.24, 2.45) is 0 Å². The maximum absolute atomic E-state index is 13.4. The van der Waals surface area contributed by atoms with E-state index in [1.165, 1.54) is 0 Å². The molecule has 2 rings (SSSR count). The van der Waals surface area contributed by atoms with Crippen LogP contribution in [0.1, 0.15) is 43.5 Å². The Morgan fingerprint density at radius 2 is 1.64 bits per heavy atom. The molecule has 8 nitrogen and oxygen atoms in total. The van der Waals surface area contributed by atoms with Gasteiger partial charge in [0.25, 0.3) is 5.91 Å². The highest BCUT2D eigenvalue weighted by molar-refractivity contribution is 5.99. The number of anilines is 1. The van der Waals surface area contributed by atoms with Crippen LogP contribution in [-0.4, -0.2) is 41.5 Å². The lowest BCUT2D eigenvalue weighted by atomic mass is 9.98. The molecule has 0 aliphatic heterocycles. The SMILES string of the molecule is Cc1ccccc1NC(=O)C(c1ccccc1C)N(CC#N)C(=O)CNC(=O)OC(C)(C)C. The number of hydrogen-bond acceptors (Lipinski definition) is 5. The zero-order valence-electron chi connectivity index (χ0n) is 19.6. The molecule has 3 amide bonds. The quantitative estimate of drug-likeness (QED) is 0.622. The summed E-state index contributed by atoms with van der Waals surface area (Å²) in [7, 11) is 0. The number of carbonyl (C=O) groups is 3. The molecule has 0 fully saturated rings.